The Morgan fingerprint density at radius 3 is 2.34 bits per heavy atom. The van der Waals surface area contributed by atoms with E-state index in [-0.39, 0.29) is 11.5 Å². The van der Waals surface area contributed by atoms with E-state index in [0.717, 1.165) is 71.9 Å². The monoisotopic (exact) mass is 613 g/mol. The summed E-state index contributed by atoms with van der Waals surface area (Å²) in [6.45, 7) is 21.0. The molecule has 1 atom stereocenters. The van der Waals surface area contributed by atoms with Crippen LogP contribution in [0.1, 0.15) is 67.7 Å². The Hall–Kier alpha value is -3.64. The summed E-state index contributed by atoms with van der Waals surface area (Å²) in [7, 11) is 3.09. The molecule has 2 aliphatic rings. The van der Waals surface area contributed by atoms with Crippen LogP contribution in [0.25, 0.3) is 12.2 Å². The quantitative estimate of drug-likeness (QED) is 0.326. The van der Waals surface area contributed by atoms with Gasteiger partial charge in [0.2, 0.25) is 0 Å². The van der Waals surface area contributed by atoms with Gasteiger partial charge in [0.1, 0.15) is 0 Å². The summed E-state index contributed by atoms with van der Waals surface area (Å²) in [5.41, 5.74) is 2.99. The third-order valence-electron chi connectivity index (χ3n) is 7.04. The van der Waals surface area contributed by atoms with E-state index in [9.17, 15) is 14.5 Å². The molecule has 0 radical (unpaired) electrons. The first-order chi connectivity index (χ1) is 21.4. The van der Waals surface area contributed by atoms with E-state index < -0.39 is 11.9 Å². The predicted octanol–water partition coefficient (Wildman–Crippen LogP) is 3.35. The number of hydrogen-bond donors (Lipinski definition) is 2. The SMILES string of the molecule is C=C/C=c1\c(=C/C)c2c(n1Cc1ccc(C(=O)O)cc1)CNCC2C(=O)N(C)N=O.CC.CC.COCCN1CCOCC1. The van der Waals surface area contributed by atoms with Crippen LogP contribution in [0.5, 0.6) is 0 Å². The minimum atomic E-state index is -0.970. The van der Waals surface area contributed by atoms with Crippen molar-refractivity contribution in [1.29, 1.82) is 0 Å². The first kappa shape index (κ1) is 38.4. The Labute approximate surface area is 261 Å². The summed E-state index contributed by atoms with van der Waals surface area (Å²) in [6, 6.07) is 6.72. The van der Waals surface area contributed by atoms with Crippen LogP contribution in [0.15, 0.2) is 42.2 Å². The summed E-state index contributed by atoms with van der Waals surface area (Å²) < 4.78 is 12.3. The number of morpholine rings is 1. The van der Waals surface area contributed by atoms with Gasteiger partial charge >= 0.3 is 5.97 Å². The number of nitroso groups, excluding NO2 is 1. The van der Waals surface area contributed by atoms with Gasteiger partial charge in [-0.25, -0.2) is 4.79 Å². The number of nitrogens with zero attached hydrogens (tertiary/aromatic N) is 4. The number of carbonyl (C=O) groups excluding carboxylic acids is 1. The molecule has 3 heterocycles. The maximum atomic E-state index is 12.8. The average molecular weight is 614 g/mol. The maximum Gasteiger partial charge on any atom is 0.335 e. The van der Waals surface area contributed by atoms with Gasteiger partial charge in [0, 0.05) is 64.5 Å². The summed E-state index contributed by atoms with van der Waals surface area (Å²) in [4.78, 5) is 37.2. The zero-order valence-electron chi connectivity index (χ0n) is 27.5. The van der Waals surface area contributed by atoms with Crippen molar-refractivity contribution in [3.8, 4) is 0 Å². The number of nitrogens with one attached hydrogen (secondary N) is 1. The first-order valence-electron chi connectivity index (χ1n) is 15.3. The minimum Gasteiger partial charge on any atom is -0.478 e. The number of carboxylic acids is 1. The van der Waals surface area contributed by atoms with Crippen molar-refractivity contribution in [2.24, 2.45) is 5.29 Å². The van der Waals surface area contributed by atoms with Gasteiger partial charge in [-0.1, -0.05) is 58.6 Å². The lowest BCUT2D eigenvalue weighted by Gasteiger charge is -2.25. The van der Waals surface area contributed by atoms with E-state index in [1.165, 1.54) is 7.05 Å². The van der Waals surface area contributed by atoms with Gasteiger partial charge in [-0.3, -0.25) is 9.69 Å². The topological polar surface area (TPSA) is 126 Å². The number of carboxylic acid groups (broad SMARTS) is 1. The van der Waals surface area contributed by atoms with Crippen molar-refractivity contribution in [2.45, 2.75) is 53.6 Å². The van der Waals surface area contributed by atoms with E-state index >= 15 is 0 Å². The highest BCUT2D eigenvalue weighted by Crippen LogP contribution is 2.23. The number of likely N-dealkylation sites (N-methyl/N-ethyl adjacent to an activating group) is 1. The number of rotatable bonds is 9. The van der Waals surface area contributed by atoms with Crippen molar-refractivity contribution in [2.75, 3.05) is 60.2 Å². The molecule has 244 valence electrons. The lowest BCUT2D eigenvalue weighted by atomic mass is 9.93. The van der Waals surface area contributed by atoms with E-state index in [2.05, 4.69) is 26.6 Å². The van der Waals surface area contributed by atoms with Crippen molar-refractivity contribution in [3.05, 3.63) is 74.8 Å². The fraction of sp³-hybridized carbons (Fsp3) is 0.515. The Bertz CT molecular complexity index is 1300. The van der Waals surface area contributed by atoms with Gasteiger partial charge in [-0.2, -0.15) is 5.01 Å². The first-order valence-corrected chi connectivity index (χ1v) is 15.3. The number of hydrogen-bond acceptors (Lipinski definition) is 8. The largest absolute Gasteiger partial charge is 0.478 e. The van der Waals surface area contributed by atoms with Crippen molar-refractivity contribution in [1.82, 2.24) is 19.8 Å². The van der Waals surface area contributed by atoms with E-state index in [1.54, 1.807) is 37.5 Å². The standard InChI is InChI=1S/C22H24N4O4.C7H15NO2.2C2H6/c1-4-6-18-16(5-2)20-17(21(27)25(3)24-30)11-23-12-19(20)26(18)13-14-7-9-15(10-8-14)22(28)29;1-9-5-2-8-3-6-10-7-4-8;2*1-2/h4-10,17,23H,1,11-13H2,2-3H3,(H,28,29);2-7H2,1H3;2*1-2H3/b16-5+,18-6+;;;. The molecule has 1 fully saturated rings. The van der Waals surface area contributed by atoms with Crippen molar-refractivity contribution >= 4 is 24.0 Å². The van der Waals surface area contributed by atoms with Gasteiger partial charge in [-0.15, -0.1) is 4.91 Å². The van der Waals surface area contributed by atoms with E-state index in [0.29, 0.717) is 19.6 Å². The molecule has 1 saturated heterocycles. The van der Waals surface area contributed by atoms with Crippen molar-refractivity contribution in [3.63, 3.8) is 0 Å². The van der Waals surface area contributed by atoms with Crippen molar-refractivity contribution < 1.29 is 24.2 Å². The lowest BCUT2D eigenvalue weighted by molar-refractivity contribution is -0.131. The summed E-state index contributed by atoms with van der Waals surface area (Å²) >= 11 is 0. The van der Waals surface area contributed by atoms with Crippen LogP contribution in [-0.4, -0.2) is 91.6 Å². The Balaban J connectivity index is 0.000000578. The van der Waals surface area contributed by atoms with Crippen LogP contribution in [0.4, 0.5) is 0 Å². The van der Waals surface area contributed by atoms with E-state index in [4.69, 9.17) is 14.6 Å². The predicted molar refractivity (Wildman–Crippen MR) is 176 cm³/mol. The normalized spacial score (nSPS) is 16.6. The molecule has 0 saturated carbocycles. The number of benzene rings is 1. The van der Waals surface area contributed by atoms with Crippen LogP contribution < -0.4 is 15.9 Å². The molecule has 4 rings (SSSR count). The number of aromatic carboxylic acids is 1. The molecular formula is C33H51N5O6. The van der Waals surface area contributed by atoms with Gasteiger partial charge in [0.15, 0.2) is 0 Å². The molecule has 2 N–H and O–H groups in total. The summed E-state index contributed by atoms with van der Waals surface area (Å²) in [5, 5.41) is 17.8. The molecule has 11 heteroatoms. The van der Waals surface area contributed by atoms with Gasteiger partial charge in [-0.05, 0) is 41.5 Å². The van der Waals surface area contributed by atoms with Crippen LogP contribution in [-0.2, 0) is 27.4 Å². The van der Waals surface area contributed by atoms with E-state index in [1.807, 2.05) is 46.8 Å². The molecular weight excluding hydrogens is 562 g/mol. The zero-order valence-corrected chi connectivity index (χ0v) is 27.5. The fourth-order valence-electron chi connectivity index (χ4n) is 4.98. The van der Waals surface area contributed by atoms with Crippen LogP contribution in [0, 0.1) is 4.91 Å². The van der Waals surface area contributed by atoms with Gasteiger partial charge < -0.3 is 24.5 Å². The molecule has 1 aromatic heterocycles. The van der Waals surface area contributed by atoms with Crippen LogP contribution in [0.2, 0.25) is 0 Å². The number of amides is 1. The third-order valence-corrected chi connectivity index (χ3v) is 7.04. The third kappa shape index (κ3) is 10.5. The highest BCUT2D eigenvalue weighted by molar-refractivity contribution is 5.87. The number of carbonyl (C=O) groups is 2. The minimum absolute atomic E-state index is 0.227. The second-order valence-electron chi connectivity index (χ2n) is 9.51. The fourth-order valence-corrected chi connectivity index (χ4v) is 4.98. The second-order valence-corrected chi connectivity index (χ2v) is 9.51. The molecule has 1 aromatic carbocycles. The smallest absolute Gasteiger partial charge is 0.335 e. The Morgan fingerprint density at radius 1 is 1.18 bits per heavy atom. The highest BCUT2D eigenvalue weighted by atomic mass is 16.5. The van der Waals surface area contributed by atoms with Crippen LogP contribution >= 0.6 is 0 Å². The Kier molecular flexibility index (Phi) is 18.4. The zero-order chi connectivity index (χ0) is 33.1. The molecule has 1 unspecified atom stereocenters. The molecule has 44 heavy (non-hydrogen) atoms. The Morgan fingerprint density at radius 2 is 1.82 bits per heavy atom. The molecule has 2 aromatic rings. The molecule has 0 aliphatic carbocycles. The highest BCUT2D eigenvalue weighted by Gasteiger charge is 2.33. The molecule has 0 spiro atoms. The molecule has 0 bridgehead atoms. The average Bonchev–Trinajstić information content (AvgIpc) is 3.37. The maximum absolute atomic E-state index is 12.8. The number of methoxy groups -OCH3 is 1. The van der Waals surface area contributed by atoms with Gasteiger partial charge in [0.25, 0.3) is 5.91 Å². The molecule has 11 nitrogen and oxygen atoms in total. The number of aromatic nitrogens is 1. The number of allylic oxidation sites excluding steroid dienone is 1. The lowest BCUT2D eigenvalue weighted by Crippen LogP contribution is -2.40. The molecule has 2 aliphatic heterocycles. The molecule has 1 amide bonds. The number of fused-ring (bicyclic) bond motifs is 1. The summed E-state index contributed by atoms with van der Waals surface area (Å²) in [6.07, 6.45) is 5.54. The van der Waals surface area contributed by atoms with Crippen LogP contribution in [0.3, 0.4) is 0 Å². The number of ether oxygens (including phenoxy) is 2. The summed E-state index contributed by atoms with van der Waals surface area (Å²) in [5.74, 6) is -1.87. The second kappa shape index (κ2) is 21.1. The van der Waals surface area contributed by atoms with Gasteiger partial charge in [0.05, 0.1) is 36.6 Å².